The molecule has 0 radical (unpaired) electrons. The Kier molecular flexibility index (Phi) is 7.79. The number of carboxylic acids is 1. The smallest absolute Gasteiger partial charge is 0.317 e. The van der Waals surface area contributed by atoms with Gasteiger partial charge < -0.3 is 19.8 Å². The van der Waals surface area contributed by atoms with Crippen molar-refractivity contribution in [1.82, 2.24) is 15.4 Å². The first-order valence-corrected chi connectivity index (χ1v) is 8.88. The molecule has 2 N–H and O–H groups in total. The number of amides is 2. The van der Waals surface area contributed by atoms with Crippen LogP contribution in [0.2, 0.25) is 0 Å². The minimum Gasteiger partial charge on any atom is -0.481 e. The van der Waals surface area contributed by atoms with E-state index in [-0.39, 0.29) is 24.8 Å². The molecule has 7 nitrogen and oxygen atoms in total. The van der Waals surface area contributed by atoms with E-state index in [2.05, 4.69) is 10.5 Å². The van der Waals surface area contributed by atoms with Crippen LogP contribution in [0.15, 0.2) is 34.9 Å². The van der Waals surface area contributed by atoms with E-state index in [0.29, 0.717) is 17.8 Å². The number of carboxylic acid groups (broad SMARTS) is 1. The molecule has 1 aromatic carbocycles. The van der Waals surface area contributed by atoms with Crippen molar-refractivity contribution in [3.8, 4) is 11.3 Å². The van der Waals surface area contributed by atoms with Gasteiger partial charge >= 0.3 is 12.0 Å². The van der Waals surface area contributed by atoms with Crippen molar-refractivity contribution in [2.45, 2.75) is 32.1 Å². The summed E-state index contributed by atoms with van der Waals surface area (Å²) in [5, 5.41) is 15.1. The third-order valence-electron chi connectivity index (χ3n) is 4.06. The van der Waals surface area contributed by atoms with Crippen LogP contribution >= 0.6 is 0 Å². The maximum absolute atomic E-state index is 13.3. The van der Waals surface area contributed by atoms with Gasteiger partial charge in [-0.2, -0.15) is 0 Å². The number of nitrogens with zero attached hydrogens (tertiary/aromatic N) is 2. The van der Waals surface area contributed by atoms with Crippen LogP contribution in [0.1, 0.15) is 31.4 Å². The van der Waals surface area contributed by atoms with Gasteiger partial charge in [0.15, 0.2) is 0 Å². The third-order valence-corrected chi connectivity index (χ3v) is 4.06. The Hall–Kier alpha value is -2.90. The predicted molar refractivity (Wildman–Crippen MR) is 97.7 cm³/mol. The number of unbranched alkanes of at least 4 members (excludes halogenated alkanes) is 2. The molecule has 0 aliphatic carbocycles. The van der Waals surface area contributed by atoms with E-state index in [1.54, 1.807) is 24.1 Å². The molecule has 0 spiro atoms. The number of urea groups is 1. The van der Waals surface area contributed by atoms with Gasteiger partial charge in [-0.05, 0) is 25.0 Å². The van der Waals surface area contributed by atoms with Gasteiger partial charge in [0.1, 0.15) is 17.3 Å². The molecule has 0 saturated heterocycles. The largest absolute Gasteiger partial charge is 0.481 e. The molecule has 0 bridgehead atoms. The van der Waals surface area contributed by atoms with E-state index in [4.69, 9.17) is 9.63 Å². The molecule has 27 heavy (non-hydrogen) atoms. The number of carbonyl (C=O) groups is 2. The zero-order chi connectivity index (χ0) is 19.6. The van der Waals surface area contributed by atoms with E-state index in [0.717, 1.165) is 31.4 Å². The normalized spacial score (nSPS) is 10.6. The minimum atomic E-state index is -0.939. The summed E-state index contributed by atoms with van der Waals surface area (Å²) in [6.07, 6.45) is 3.24. The molecule has 0 unspecified atom stereocenters. The van der Waals surface area contributed by atoms with Crippen LogP contribution in [0.5, 0.6) is 0 Å². The monoisotopic (exact) mass is 377 g/mol. The van der Waals surface area contributed by atoms with E-state index in [1.165, 1.54) is 12.1 Å². The second-order valence-corrected chi connectivity index (χ2v) is 6.30. The topological polar surface area (TPSA) is 95.7 Å². The van der Waals surface area contributed by atoms with Crippen molar-refractivity contribution in [2.75, 3.05) is 20.1 Å². The Morgan fingerprint density at radius 3 is 2.81 bits per heavy atom. The number of aliphatic carboxylic acids is 1. The number of aryl methyl sites for hydroxylation is 1. The summed E-state index contributed by atoms with van der Waals surface area (Å²) in [5.41, 5.74) is 1.29. The fourth-order valence-electron chi connectivity index (χ4n) is 2.55. The Balaban J connectivity index is 1.64. The number of aromatic nitrogens is 1. The predicted octanol–water partition coefficient (Wildman–Crippen LogP) is 3.31. The molecule has 146 valence electrons. The van der Waals surface area contributed by atoms with Crippen molar-refractivity contribution in [1.29, 1.82) is 0 Å². The maximum atomic E-state index is 13.3. The molecule has 1 heterocycles. The lowest BCUT2D eigenvalue weighted by molar-refractivity contribution is -0.136. The van der Waals surface area contributed by atoms with E-state index < -0.39 is 5.97 Å². The fraction of sp³-hybridized carbons (Fsp3) is 0.421. The van der Waals surface area contributed by atoms with Crippen molar-refractivity contribution < 1.29 is 23.6 Å². The van der Waals surface area contributed by atoms with Gasteiger partial charge in [0.2, 0.25) is 0 Å². The maximum Gasteiger partial charge on any atom is 0.317 e. The summed E-state index contributed by atoms with van der Waals surface area (Å²) in [7, 11) is 1.68. The average Bonchev–Trinajstić information content (AvgIpc) is 3.10. The quantitative estimate of drug-likeness (QED) is 0.619. The Morgan fingerprint density at radius 1 is 1.26 bits per heavy atom. The van der Waals surface area contributed by atoms with Gasteiger partial charge in [-0.3, -0.25) is 4.79 Å². The van der Waals surface area contributed by atoms with Crippen LogP contribution in [0.3, 0.4) is 0 Å². The molecule has 2 rings (SSSR count). The number of benzene rings is 1. The first kappa shape index (κ1) is 20.4. The molecule has 2 amide bonds. The second-order valence-electron chi connectivity index (χ2n) is 6.30. The molecule has 0 atom stereocenters. The SMILES string of the molecule is CN(CCCCCc1cc(-c2cccc(F)c2)no1)C(=O)NCCC(=O)O. The molecule has 0 fully saturated rings. The number of hydrogen-bond donors (Lipinski definition) is 2. The van der Waals surface area contributed by atoms with E-state index in [9.17, 15) is 14.0 Å². The first-order valence-electron chi connectivity index (χ1n) is 8.88. The van der Waals surface area contributed by atoms with Crippen molar-refractivity contribution in [3.63, 3.8) is 0 Å². The molecule has 0 aliphatic rings. The fourth-order valence-corrected chi connectivity index (χ4v) is 2.55. The summed E-state index contributed by atoms with van der Waals surface area (Å²) in [4.78, 5) is 23.7. The van der Waals surface area contributed by atoms with Gasteiger partial charge in [0, 0.05) is 38.2 Å². The van der Waals surface area contributed by atoms with Gasteiger partial charge in [-0.15, -0.1) is 0 Å². The Labute approximate surface area is 157 Å². The minimum absolute atomic E-state index is 0.0889. The van der Waals surface area contributed by atoms with Crippen LogP contribution in [-0.4, -0.2) is 47.3 Å². The summed E-state index contributed by atoms with van der Waals surface area (Å²) in [6.45, 7) is 0.710. The molecule has 0 saturated carbocycles. The third kappa shape index (κ3) is 7.08. The van der Waals surface area contributed by atoms with Crippen molar-refractivity contribution >= 4 is 12.0 Å². The molecule has 1 aromatic heterocycles. The van der Waals surface area contributed by atoms with Crippen LogP contribution in [0, 0.1) is 5.82 Å². The second kappa shape index (κ2) is 10.3. The number of nitrogens with one attached hydrogen (secondary N) is 1. The lowest BCUT2D eigenvalue weighted by Crippen LogP contribution is -2.38. The van der Waals surface area contributed by atoms with Gasteiger partial charge in [-0.1, -0.05) is 23.7 Å². The highest BCUT2D eigenvalue weighted by molar-refractivity contribution is 5.74. The van der Waals surface area contributed by atoms with Gasteiger partial charge in [0.25, 0.3) is 0 Å². The van der Waals surface area contributed by atoms with E-state index in [1.807, 2.05) is 6.07 Å². The van der Waals surface area contributed by atoms with Crippen molar-refractivity contribution in [3.05, 3.63) is 41.9 Å². The summed E-state index contributed by atoms with van der Waals surface area (Å²) in [6, 6.07) is 7.75. The van der Waals surface area contributed by atoms with Crippen LogP contribution < -0.4 is 5.32 Å². The highest BCUT2D eigenvalue weighted by atomic mass is 19.1. The Bertz CT molecular complexity index is 763. The molecular weight excluding hydrogens is 353 g/mol. The van der Waals surface area contributed by atoms with Crippen LogP contribution in [-0.2, 0) is 11.2 Å². The van der Waals surface area contributed by atoms with Crippen LogP contribution in [0.25, 0.3) is 11.3 Å². The zero-order valence-electron chi connectivity index (χ0n) is 15.3. The van der Waals surface area contributed by atoms with Gasteiger partial charge in [0.05, 0.1) is 6.42 Å². The van der Waals surface area contributed by atoms with Crippen molar-refractivity contribution in [2.24, 2.45) is 0 Å². The Morgan fingerprint density at radius 2 is 2.07 bits per heavy atom. The number of rotatable bonds is 10. The lowest BCUT2D eigenvalue weighted by atomic mass is 10.1. The summed E-state index contributed by atoms with van der Waals surface area (Å²) >= 11 is 0. The molecular formula is C19H24FN3O4. The summed E-state index contributed by atoms with van der Waals surface area (Å²) in [5.74, 6) is -0.506. The molecule has 8 heteroatoms. The van der Waals surface area contributed by atoms with E-state index >= 15 is 0 Å². The first-order chi connectivity index (χ1) is 13.0. The average molecular weight is 377 g/mol. The molecule has 2 aromatic rings. The lowest BCUT2D eigenvalue weighted by Gasteiger charge is -2.17. The highest BCUT2D eigenvalue weighted by Crippen LogP contribution is 2.20. The highest BCUT2D eigenvalue weighted by Gasteiger charge is 2.09. The number of hydrogen-bond acceptors (Lipinski definition) is 4. The summed E-state index contributed by atoms with van der Waals surface area (Å²) < 4.78 is 18.5. The molecule has 0 aliphatic heterocycles. The number of carbonyl (C=O) groups excluding carboxylic acids is 1. The zero-order valence-corrected chi connectivity index (χ0v) is 15.3. The number of halogens is 1. The van der Waals surface area contributed by atoms with Crippen LogP contribution in [0.4, 0.5) is 9.18 Å². The standard InChI is InChI=1S/C19H24FN3O4/c1-23(19(26)21-10-9-18(24)25)11-4-2-3-8-16-13-17(22-27-16)14-6-5-7-15(20)12-14/h5-7,12-13H,2-4,8-11H2,1H3,(H,21,26)(H,24,25). The van der Waals surface area contributed by atoms with Gasteiger partial charge in [-0.25, -0.2) is 9.18 Å².